The van der Waals surface area contributed by atoms with Gasteiger partial charge in [-0.15, -0.1) is 0 Å². The smallest absolute Gasteiger partial charge is 0.297 e. The lowest BCUT2D eigenvalue weighted by molar-refractivity contribution is 0.0223. The zero-order chi connectivity index (χ0) is 20.5. The molecule has 2 aromatic heterocycles. The van der Waals surface area contributed by atoms with Gasteiger partial charge in [-0.2, -0.15) is 5.26 Å². The molecule has 0 fully saturated rings. The molecule has 0 aliphatic rings. The second-order valence-corrected chi connectivity index (χ2v) is 5.82. The Balaban J connectivity index is 1.61. The molecule has 1 aromatic carbocycles. The molecule has 0 aliphatic heterocycles. The number of nitrogens with zero attached hydrogens (tertiary/aromatic N) is 4. The molecule has 9 heteroatoms. The van der Waals surface area contributed by atoms with Crippen molar-refractivity contribution in [3.63, 3.8) is 0 Å². The molecule has 0 spiro atoms. The minimum atomic E-state index is -0.539. The molecule has 1 amide bonds. The van der Waals surface area contributed by atoms with Crippen LogP contribution in [0.2, 0.25) is 0 Å². The standard InChI is InChI=1S/C20H18N6O3/c1-28-17-10-15(11-21)2-3-16(17)13-29-26-20(27)18-19(24-9-8-23-18)25-12-14-4-6-22-7-5-14/h2-10H,12-13H2,1H3,(H,24,25)(H,26,27). The number of benzene rings is 1. The van der Waals surface area contributed by atoms with E-state index in [0.29, 0.717) is 29.2 Å². The van der Waals surface area contributed by atoms with E-state index in [1.165, 1.54) is 19.5 Å². The fraction of sp³-hybridized carbons (Fsp3) is 0.150. The summed E-state index contributed by atoms with van der Waals surface area (Å²) in [5.41, 5.74) is 4.60. The van der Waals surface area contributed by atoms with Gasteiger partial charge < -0.3 is 10.1 Å². The summed E-state index contributed by atoms with van der Waals surface area (Å²) in [5.74, 6) is 0.293. The van der Waals surface area contributed by atoms with E-state index in [1.54, 1.807) is 30.6 Å². The number of hydroxylamine groups is 1. The van der Waals surface area contributed by atoms with Gasteiger partial charge in [-0.1, -0.05) is 6.07 Å². The third-order valence-electron chi connectivity index (χ3n) is 3.93. The Hall–Kier alpha value is -4.03. The van der Waals surface area contributed by atoms with E-state index in [-0.39, 0.29) is 12.3 Å². The van der Waals surface area contributed by atoms with E-state index in [0.717, 1.165) is 5.56 Å². The zero-order valence-electron chi connectivity index (χ0n) is 15.6. The SMILES string of the molecule is COc1cc(C#N)ccc1CONC(=O)c1nccnc1NCc1ccncc1. The summed E-state index contributed by atoms with van der Waals surface area (Å²) in [6.45, 7) is 0.519. The summed E-state index contributed by atoms with van der Waals surface area (Å²) in [4.78, 5) is 30.0. The van der Waals surface area contributed by atoms with Gasteiger partial charge in [0.25, 0.3) is 5.91 Å². The first-order valence-corrected chi connectivity index (χ1v) is 8.64. The van der Waals surface area contributed by atoms with Crippen LogP contribution in [0.3, 0.4) is 0 Å². The first kappa shape index (κ1) is 19.7. The molecule has 29 heavy (non-hydrogen) atoms. The maximum atomic E-state index is 12.5. The van der Waals surface area contributed by atoms with Gasteiger partial charge in [0.15, 0.2) is 11.5 Å². The van der Waals surface area contributed by atoms with Crippen molar-refractivity contribution in [3.8, 4) is 11.8 Å². The minimum absolute atomic E-state index is 0.0562. The van der Waals surface area contributed by atoms with E-state index in [2.05, 4.69) is 25.7 Å². The summed E-state index contributed by atoms with van der Waals surface area (Å²) in [6.07, 6.45) is 6.30. The van der Waals surface area contributed by atoms with Crippen LogP contribution in [0, 0.1) is 11.3 Å². The first-order chi connectivity index (χ1) is 14.2. The van der Waals surface area contributed by atoms with Crippen LogP contribution >= 0.6 is 0 Å². The average Bonchev–Trinajstić information content (AvgIpc) is 2.78. The van der Waals surface area contributed by atoms with Gasteiger partial charge in [0, 0.05) is 36.9 Å². The normalized spacial score (nSPS) is 10.1. The predicted octanol–water partition coefficient (Wildman–Crippen LogP) is 2.23. The van der Waals surface area contributed by atoms with Gasteiger partial charge in [-0.3, -0.25) is 14.6 Å². The molecule has 0 atom stereocenters. The van der Waals surface area contributed by atoms with E-state index < -0.39 is 5.91 Å². The number of amides is 1. The molecule has 0 saturated heterocycles. The third kappa shape index (κ3) is 5.24. The number of ether oxygens (including phenoxy) is 1. The Labute approximate surface area is 167 Å². The van der Waals surface area contributed by atoms with E-state index in [4.69, 9.17) is 14.8 Å². The van der Waals surface area contributed by atoms with E-state index in [9.17, 15) is 4.79 Å². The van der Waals surface area contributed by atoms with E-state index >= 15 is 0 Å². The highest BCUT2D eigenvalue weighted by Crippen LogP contribution is 2.20. The molecule has 3 aromatic rings. The topological polar surface area (TPSA) is 122 Å². The molecule has 3 rings (SSSR count). The molecule has 0 saturated carbocycles. The highest BCUT2D eigenvalue weighted by molar-refractivity contribution is 5.95. The van der Waals surface area contributed by atoms with Crippen LogP contribution in [0.25, 0.3) is 0 Å². The summed E-state index contributed by atoms with van der Waals surface area (Å²) < 4.78 is 5.24. The van der Waals surface area contributed by atoms with Gasteiger partial charge in [0.05, 0.1) is 18.7 Å². The molecule has 0 radical (unpaired) electrons. The first-order valence-electron chi connectivity index (χ1n) is 8.64. The lowest BCUT2D eigenvalue weighted by atomic mass is 10.1. The van der Waals surface area contributed by atoms with Crippen molar-refractivity contribution < 1.29 is 14.4 Å². The van der Waals surface area contributed by atoms with Crippen LogP contribution in [-0.4, -0.2) is 28.0 Å². The highest BCUT2D eigenvalue weighted by atomic mass is 16.7. The van der Waals surface area contributed by atoms with Gasteiger partial charge in [0.1, 0.15) is 12.4 Å². The van der Waals surface area contributed by atoms with Crippen molar-refractivity contribution in [2.45, 2.75) is 13.2 Å². The van der Waals surface area contributed by atoms with Crippen LogP contribution < -0.4 is 15.5 Å². The molecular weight excluding hydrogens is 372 g/mol. The van der Waals surface area contributed by atoms with Gasteiger partial charge in [0.2, 0.25) is 0 Å². The number of hydrogen-bond donors (Lipinski definition) is 2. The van der Waals surface area contributed by atoms with Gasteiger partial charge >= 0.3 is 0 Å². The van der Waals surface area contributed by atoms with Crippen molar-refractivity contribution in [2.24, 2.45) is 0 Å². The predicted molar refractivity (Wildman–Crippen MR) is 104 cm³/mol. The number of aromatic nitrogens is 3. The van der Waals surface area contributed by atoms with Gasteiger partial charge in [-0.25, -0.2) is 15.4 Å². The maximum Gasteiger partial charge on any atom is 0.297 e. The number of rotatable bonds is 8. The number of methoxy groups -OCH3 is 1. The molecular formula is C20H18N6O3. The number of carbonyl (C=O) groups excluding carboxylic acids is 1. The van der Waals surface area contributed by atoms with Crippen LogP contribution in [0.5, 0.6) is 5.75 Å². The summed E-state index contributed by atoms with van der Waals surface area (Å²) in [7, 11) is 1.50. The number of nitriles is 1. The second kappa shape index (κ2) is 9.77. The molecule has 0 bridgehead atoms. The molecule has 0 unspecified atom stereocenters. The Morgan fingerprint density at radius 2 is 1.93 bits per heavy atom. The number of pyridine rings is 1. The van der Waals surface area contributed by atoms with Crippen molar-refractivity contribution in [3.05, 3.63) is 77.5 Å². The monoisotopic (exact) mass is 390 g/mol. The highest BCUT2D eigenvalue weighted by Gasteiger charge is 2.15. The van der Waals surface area contributed by atoms with Crippen molar-refractivity contribution in [1.29, 1.82) is 5.26 Å². The Morgan fingerprint density at radius 3 is 2.69 bits per heavy atom. The average molecular weight is 390 g/mol. The Kier molecular flexibility index (Phi) is 6.65. The van der Waals surface area contributed by atoms with Crippen molar-refractivity contribution in [2.75, 3.05) is 12.4 Å². The third-order valence-corrected chi connectivity index (χ3v) is 3.93. The Bertz CT molecular complexity index is 1020. The van der Waals surface area contributed by atoms with Crippen molar-refractivity contribution >= 4 is 11.7 Å². The molecule has 9 nitrogen and oxygen atoms in total. The number of carbonyl (C=O) groups is 1. The van der Waals surface area contributed by atoms with Gasteiger partial charge in [-0.05, 0) is 29.8 Å². The summed E-state index contributed by atoms with van der Waals surface area (Å²) in [6, 6.07) is 10.7. The maximum absolute atomic E-state index is 12.5. The lowest BCUT2D eigenvalue weighted by Crippen LogP contribution is -2.26. The number of anilines is 1. The fourth-order valence-electron chi connectivity index (χ4n) is 2.48. The second-order valence-electron chi connectivity index (χ2n) is 5.82. The zero-order valence-corrected chi connectivity index (χ0v) is 15.6. The largest absolute Gasteiger partial charge is 0.496 e. The van der Waals surface area contributed by atoms with Crippen LogP contribution in [0.15, 0.2) is 55.1 Å². The van der Waals surface area contributed by atoms with E-state index in [1.807, 2.05) is 18.2 Å². The fourth-order valence-corrected chi connectivity index (χ4v) is 2.48. The lowest BCUT2D eigenvalue weighted by Gasteiger charge is -2.12. The number of hydrogen-bond acceptors (Lipinski definition) is 8. The summed E-state index contributed by atoms with van der Waals surface area (Å²) >= 11 is 0. The Morgan fingerprint density at radius 1 is 1.14 bits per heavy atom. The molecule has 2 heterocycles. The quantitative estimate of drug-likeness (QED) is 0.562. The summed E-state index contributed by atoms with van der Waals surface area (Å²) in [5, 5.41) is 12.0. The van der Waals surface area contributed by atoms with Crippen LogP contribution in [0.1, 0.15) is 27.2 Å². The minimum Gasteiger partial charge on any atom is -0.496 e. The molecule has 146 valence electrons. The molecule has 0 aliphatic carbocycles. The van der Waals surface area contributed by atoms with Crippen LogP contribution in [-0.2, 0) is 18.0 Å². The number of nitrogens with one attached hydrogen (secondary N) is 2. The van der Waals surface area contributed by atoms with Crippen LogP contribution in [0.4, 0.5) is 5.82 Å². The van der Waals surface area contributed by atoms with Crippen molar-refractivity contribution in [1.82, 2.24) is 20.4 Å². The molecule has 2 N–H and O–H groups in total.